The number of hydrogen-bond donors (Lipinski definition) is 0. The maximum atomic E-state index is 2.45. The fourth-order valence-corrected chi connectivity index (χ4v) is 2.54. The summed E-state index contributed by atoms with van der Waals surface area (Å²) < 4.78 is 0. The molecule has 0 fully saturated rings. The fraction of sp³-hybridized carbons (Fsp3) is 0.900. The van der Waals surface area contributed by atoms with Crippen molar-refractivity contribution in [3.8, 4) is 0 Å². The van der Waals surface area contributed by atoms with E-state index in [1.54, 1.807) is 0 Å². The number of hydrogen-bond acceptors (Lipinski definition) is 0. The van der Waals surface area contributed by atoms with Crippen molar-refractivity contribution in [2.24, 2.45) is 35.5 Å². The molecule has 0 heteroatoms. The van der Waals surface area contributed by atoms with Gasteiger partial charge in [0.1, 0.15) is 0 Å². The summed E-state index contributed by atoms with van der Waals surface area (Å²) in [5, 5.41) is 0. The number of rotatable bonds is 10. The van der Waals surface area contributed by atoms with E-state index in [0.717, 1.165) is 29.6 Å². The van der Waals surface area contributed by atoms with Crippen LogP contribution in [-0.2, 0) is 0 Å². The van der Waals surface area contributed by atoms with E-state index < -0.39 is 0 Å². The van der Waals surface area contributed by atoms with Gasteiger partial charge in [0.15, 0.2) is 0 Å². The standard InChI is InChI=1S/C20H40/c1-15(2)9-11-17(5)19(7)13-14-20(8)18(6)12-10-16(3)4/h9,11,15-20H,10,12-14H2,1-8H3/b11-9-. The average molecular weight is 281 g/mol. The molecule has 0 N–H and O–H groups in total. The third kappa shape index (κ3) is 9.61. The highest BCUT2D eigenvalue weighted by Gasteiger charge is 2.16. The average Bonchev–Trinajstić information content (AvgIpc) is 2.38. The Labute approximate surface area is 129 Å². The van der Waals surface area contributed by atoms with Gasteiger partial charge >= 0.3 is 0 Å². The van der Waals surface area contributed by atoms with Gasteiger partial charge in [-0.05, 0) is 41.9 Å². The molecule has 0 aromatic heterocycles. The molecule has 0 radical (unpaired) electrons. The zero-order valence-corrected chi connectivity index (χ0v) is 15.4. The van der Waals surface area contributed by atoms with Gasteiger partial charge in [0.05, 0.1) is 0 Å². The first kappa shape index (κ1) is 19.7. The summed E-state index contributed by atoms with van der Waals surface area (Å²) in [6.07, 6.45) is 10.3. The predicted molar refractivity (Wildman–Crippen MR) is 93.9 cm³/mol. The molecule has 0 saturated heterocycles. The Hall–Kier alpha value is -0.260. The minimum Gasteiger partial charge on any atom is -0.0857 e. The van der Waals surface area contributed by atoms with Crippen LogP contribution in [0.3, 0.4) is 0 Å². The molecule has 0 aliphatic rings. The molecule has 0 rings (SSSR count). The first-order chi connectivity index (χ1) is 9.23. The van der Waals surface area contributed by atoms with Crippen molar-refractivity contribution in [3.63, 3.8) is 0 Å². The molecule has 0 bridgehead atoms. The van der Waals surface area contributed by atoms with Crippen LogP contribution in [-0.4, -0.2) is 0 Å². The Morgan fingerprint density at radius 1 is 0.550 bits per heavy atom. The van der Waals surface area contributed by atoms with Crippen LogP contribution in [0.15, 0.2) is 12.2 Å². The summed E-state index contributed by atoms with van der Waals surface area (Å²) >= 11 is 0. The summed E-state index contributed by atoms with van der Waals surface area (Å²) in [6.45, 7) is 18.9. The Bertz CT molecular complexity index is 249. The lowest BCUT2D eigenvalue weighted by Crippen LogP contribution is -2.13. The lowest BCUT2D eigenvalue weighted by molar-refractivity contribution is 0.287. The highest BCUT2D eigenvalue weighted by atomic mass is 14.2. The predicted octanol–water partition coefficient (Wildman–Crippen LogP) is 6.96. The van der Waals surface area contributed by atoms with Crippen molar-refractivity contribution in [1.29, 1.82) is 0 Å². The van der Waals surface area contributed by atoms with E-state index in [0.29, 0.717) is 5.92 Å². The molecule has 0 spiro atoms. The maximum Gasteiger partial charge on any atom is -0.0236 e. The van der Waals surface area contributed by atoms with Gasteiger partial charge in [0.2, 0.25) is 0 Å². The van der Waals surface area contributed by atoms with Gasteiger partial charge in [-0.1, -0.05) is 86.8 Å². The Balaban J connectivity index is 4.00. The lowest BCUT2D eigenvalue weighted by atomic mass is 9.82. The second-order valence-corrected chi connectivity index (χ2v) is 7.97. The van der Waals surface area contributed by atoms with E-state index >= 15 is 0 Å². The topological polar surface area (TPSA) is 0 Å². The summed E-state index contributed by atoms with van der Waals surface area (Å²) in [5.41, 5.74) is 0. The summed E-state index contributed by atoms with van der Waals surface area (Å²) in [5.74, 6) is 4.81. The molecule has 0 aliphatic heterocycles. The van der Waals surface area contributed by atoms with Crippen LogP contribution >= 0.6 is 0 Å². The van der Waals surface area contributed by atoms with E-state index in [-0.39, 0.29) is 0 Å². The molecule has 0 aliphatic carbocycles. The largest absolute Gasteiger partial charge is 0.0857 e. The second kappa shape index (κ2) is 10.5. The molecule has 4 atom stereocenters. The van der Waals surface area contributed by atoms with E-state index in [1.165, 1.54) is 25.7 Å². The molecule has 0 aromatic rings. The Kier molecular flexibility index (Phi) is 10.3. The molecule has 0 saturated carbocycles. The first-order valence-corrected chi connectivity index (χ1v) is 8.92. The van der Waals surface area contributed by atoms with E-state index in [4.69, 9.17) is 0 Å². The van der Waals surface area contributed by atoms with Crippen molar-refractivity contribution in [2.75, 3.05) is 0 Å². The molecular formula is C20H40. The highest BCUT2D eigenvalue weighted by Crippen LogP contribution is 2.27. The van der Waals surface area contributed by atoms with Gasteiger partial charge in [0.25, 0.3) is 0 Å². The van der Waals surface area contributed by atoms with Gasteiger partial charge in [-0.3, -0.25) is 0 Å². The molecule has 0 nitrogen and oxygen atoms in total. The zero-order chi connectivity index (χ0) is 15.7. The van der Waals surface area contributed by atoms with Crippen LogP contribution in [0.5, 0.6) is 0 Å². The van der Waals surface area contributed by atoms with Crippen LogP contribution in [0.1, 0.15) is 81.1 Å². The zero-order valence-electron chi connectivity index (χ0n) is 15.4. The molecular weight excluding hydrogens is 240 g/mol. The van der Waals surface area contributed by atoms with Crippen molar-refractivity contribution in [1.82, 2.24) is 0 Å². The third-order valence-electron chi connectivity index (χ3n) is 4.95. The summed E-state index contributed by atoms with van der Waals surface area (Å²) in [7, 11) is 0. The van der Waals surface area contributed by atoms with Crippen molar-refractivity contribution in [3.05, 3.63) is 12.2 Å². The minimum atomic E-state index is 0.680. The third-order valence-corrected chi connectivity index (χ3v) is 4.95. The van der Waals surface area contributed by atoms with Crippen LogP contribution in [0.2, 0.25) is 0 Å². The van der Waals surface area contributed by atoms with Crippen LogP contribution < -0.4 is 0 Å². The molecule has 0 aromatic carbocycles. The van der Waals surface area contributed by atoms with Crippen LogP contribution in [0.4, 0.5) is 0 Å². The Morgan fingerprint density at radius 2 is 1.00 bits per heavy atom. The SMILES string of the molecule is CC(C)/C=C\C(C)C(C)CCC(C)C(C)CCC(C)C. The Morgan fingerprint density at radius 3 is 1.45 bits per heavy atom. The molecule has 4 unspecified atom stereocenters. The van der Waals surface area contributed by atoms with Crippen molar-refractivity contribution < 1.29 is 0 Å². The normalized spacial score (nSPS) is 18.7. The van der Waals surface area contributed by atoms with E-state index in [2.05, 4.69) is 67.5 Å². The van der Waals surface area contributed by atoms with Crippen molar-refractivity contribution >= 4 is 0 Å². The maximum absolute atomic E-state index is 2.45. The molecule has 0 amide bonds. The number of allylic oxidation sites excluding steroid dienone is 2. The first-order valence-electron chi connectivity index (χ1n) is 8.92. The monoisotopic (exact) mass is 280 g/mol. The van der Waals surface area contributed by atoms with Gasteiger partial charge < -0.3 is 0 Å². The molecule has 0 heterocycles. The van der Waals surface area contributed by atoms with Crippen LogP contribution in [0, 0.1) is 35.5 Å². The van der Waals surface area contributed by atoms with E-state index in [9.17, 15) is 0 Å². The highest BCUT2D eigenvalue weighted by molar-refractivity contribution is 4.90. The quantitative estimate of drug-likeness (QED) is 0.379. The van der Waals surface area contributed by atoms with E-state index in [1.807, 2.05) is 0 Å². The lowest BCUT2D eigenvalue weighted by Gasteiger charge is -2.24. The van der Waals surface area contributed by atoms with Crippen molar-refractivity contribution in [2.45, 2.75) is 81.1 Å². The summed E-state index contributed by atoms with van der Waals surface area (Å²) in [4.78, 5) is 0. The smallest absolute Gasteiger partial charge is 0.0236 e. The second-order valence-electron chi connectivity index (χ2n) is 7.97. The van der Waals surface area contributed by atoms with Gasteiger partial charge in [-0.2, -0.15) is 0 Å². The van der Waals surface area contributed by atoms with Gasteiger partial charge in [0, 0.05) is 0 Å². The van der Waals surface area contributed by atoms with Gasteiger partial charge in [-0.25, -0.2) is 0 Å². The fourth-order valence-electron chi connectivity index (χ4n) is 2.54. The minimum absolute atomic E-state index is 0.680. The van der Waals surface area contributed by atoms with Crippen LogP contribution in [0.25, 0.3) is 0 Å². The molecule has 120 valence electrons. The summed E-state index contributed by atoms with van der Waals surface area (Å²) in [6, 6.07) is 0. The molecule has 20 heavy (non-hydrogen) atoms. The van der Waals surface area contributed by atoms with Gasteiger partial charge in [-0.15, -0.1) is 0 Å².